The van der Waals surface area contributed by atoms with Crippen molar-refractivity contribution in [2.45, 2.75) is 65.2 Å². The first-order chi connectivity index (χ1) is 16.2. The van der Waals surface area contributed by atoms with Gasteiger partial charge in [0.2, 0.25) is 5.91 Å². The number of likely N-dealkylation sites (tertiary alicyclic amines) is 1. The van der Waals surface area contributed by atoms with E-state index >= 15 is 0 Å². The van der Waals surface area contributed by atoms with Crippen LogP contribution in [-0.4, -0.2) is 60.0 Å². The van der Waals surface area contributed by atoms with Gasteiger partial charge in [0.15, 0.2) is 6.79 Å². The highest BCUT2D eigenvalue weighted by Gasteiger charge is 2.52. The van der Waals surface area contributed by atoms with Gasteiger partial charge in [-0.1, -0.05) is 51.4 Å². The van der Waals surface area contributed by atoms with Crippen LogP contribution in [0.2, 0.25) is 5.02 Å². The number of aliphatic hydroxyl groups is 1. The number of hydrogen-bond donors (Lipinski definition) is 3. The van der Waals surface area contributed by atoms with E-state index in [0.717, 1.165) is 5.56 Å². The van der Waals surface area contributed by atoms with Crippen molar-refractivity contribution in [3.8, 4) is 0 Å². The third-order valence-corrected chi connectivity index (χ3v) is 6.81. The summed E-state index contributed by atoms with van der Waals surface area (Å²) in [6.45, 7) is 11.5. The van der Waals surface area contributed by atoms with Gasteiger partial charge in [0.1, 0.15) is 11.6 Å². The van der Waals surface area contributed by atoms with Gasteiger partial charge in [-0.25, -0.2) is 9.36 Å². The summed E-state index contributed by atoms with van der Waals surface area (Å²) in [5, 5.41) is 15.8. The fourth-order valence-electron chi connectivity index (χ4n) is 4.46. The molecule has 1 heterocycles. The zero-order valence-corrected chi connectivity index (χ0v) is 22.9. The van der Waals surface area contributed by atoms with Gasteiger partial charge < -0.3 is 25.4 Å². The van der Waals surface area contributed by atoms with Crippen LogP contribution >= 0.6 is 20.3 Å². The zero-order valence-electron chi connectivity index (χ0n) is 21.3. The SMILES string of the molecule is CC(C)[C@@H](NC(=O)NCC(C)(C)O)C(=O)N1CC[C@](OCOP=O)(c2ccc(Cl)cc2)C(C)(C)C1. The second kappa shape index (κ2) is 12.0. The highest BCUT2D eigenvalue weighted by atomic mass is 35.5. The molecule has 0 aromatic heterocycles. The number of carbonyl (C=O) groups excluding carboxylic acids is 2. The van der Waals surface area contributed by atoms with Crippen molar-refractivity contribution in [3.05, 3.63) is 34.9 Å². The van der Waals surface area contributed by atoms with Crippen molar-refractivity contribution in [1.82, 2.24) is 15.5 Å². The molecule has 2 rings (SSSR count). The van der Waals surface area contributed by atoms with E-state index in [-0.39, 0.29) is 25.2 Å². The lowest BCUT2D eigenvalue weighted by Crippen LogP contribution is -2.62. The molecule has 196 valence electrons. The molecule has 9 nitrogen and oxygen atoms in total. The predicted molar refractivity (Wildman–Crippen MR) is 134 cm³/mol. The molecule has 0 spiro atoms. The summed E-state index contributed by atoms with van der Waals surface area (Å²) < 4.78 is 22.0. The summed E-state index contributed by atoms with van der Waals surface area (Å²) in [4.78, 5) is 27.7. The van der Waals surface area contributed by atoms with Crippen LogP contribution in [0, 0.1) is 11.3 Å². The molecule has 1 aromatic rings. The van der Waals surface area contributed by atoms with Gasteiger partial charge in [-0.3, -0.25) is 9.32 Å². The van der Waals surface area contributed by atoms with Crippen molar-refractivity contribution >= 4 is 32.2 Å². The van der Waals surface area contributed by atoms with Crippen molar-refractivity contribution < 1.29 is 28.5 Å². The van der Waals surface area contributed by atoms with Crippen molar-refractivity contribution in [1.29, 1.82) is 0 Å². The molecule has 35 heavy (non-hydrogen) atoms. The molecule has 1 saturated heterocycles. The number of amides is 3. The average Bonchev–Trinajstić information content (AvgIpc) is 2.76. The Bertz CT molecular complexity index is 890. The van der Waals surface area contributed by atoms with E-state index in [0.29, 0.717) is 24.5 Å². The minimum Gasteiger partial charge on any atom is -0.389 e. The largest absolute Gasteiger partial charge is 0.389 e. The molecular formula is C24H37ClN3O6P. The lowest BCUT2D eigenvalue weighted by molar-refractivity contribution is -0.200. The Kier molecular flexibility index (Phi) is 10.1. The maximum Gasteiger partial charge on any atom is 0.329 e. The van der Waals surface area contributed by atoms with Crippen LogP contribution in [0.1, 0.15) is 53.5 Å². The summed E-state index contributed by atoms with van der Waals surface area (Å²) in [7, 11) is -0.477. The number of urea groups is 1. The third kappa shape index (κ3) is 7.61. The average molecular weight is 530 g/mol. The Morgan fingerprint density at radius 2 is 1.89 bits per heavy atom. The first-order valence-electron chi connectivity index (χ1n) is 11.6. The minimum atomic E-state index is -1.06. The normalized spacial score (nSPS) is 21.1. The molecule has 0 unspecified atom stereocenters. The number of ether oxygens (including phenoxy) is 1. The smallest absolute Gasteiger partial charge is 0.329 e. The van der Waals surface area contributed by atoms with E-state index < -0.39 is 37.4 Å². The summed E-state index contributed by atoms with van der Waals surface area (Å²) in [5.41, 5.74) is -1.56. The third-order valence-electron chi connectivity index (χ3n) is 6.35. The lowest BCUT2D eigenvalue weighted by atomic mass is 9.66. The zero-order chi connectivity index (χ0) is 26.4. The summed E-state index contributed by atoms with van der Waals surface area (Å²) >= 11 is 6.10. The topological polar surface area (TPSA) is 117 Å². The Balaban J connectivity index is 2.23. The number of nitrogens with zero attached hydrogens (tertiary/aromatic N) is 1. The fraction of sp³-hybridized carbons (Fsp3) is 0.667. The maximum absolute atomic E-state index is 13.5. The van der Waals surface area contributed by atoms with Crippen LogP contribution in [0.15, 0.2) is 24.3 Å². The van der Waals surface area contributed by atoms with Gasteiger partial charge in [-0.15, -0.1) is 0 Å². The molecule has 0 radical (unpaired) electrons. The van der Waals surface area contributed by atoms with Crippen LogP contribution in [0.4, 0.5) is 4.79 Å². The first-order valence-corrected chi connectivity index (χ1v) is 12.7. The molecule has 1 fully saturated rings. The quantitative estimate of drug-likeness (QED) is 0.239. The van der Waals surface area contributed by atoms with Gasteiger partial charge in [0.25, 0.3) is 0 Å². The summed E-state index contributed by atoms with van der Waals surface area (Å²) in [6.07, 6.45) is 0.461. The van der Waals surface area contributed by atoms with Crippen LogP contribution in [0.3, 0.4) is 0 Å². The van der Waals surface area contributed by atoms with E-state index in [2.05, 4.69) is 10.6 Å². The summed E-state index contributed by atoms with van der Waals surface area (Å²) in [5.74, 6) is -0.340. The minimum absolute atomic E-state index is 0.0559. The monoisotopic (exact) mass is 529 g/mol. The van der Waals surface area contributed by atoms with E-state index in [1.54, 1.807) is 30.9 Å². The number of hydrogen-bond acceptors (Lipinski definition) is 6. The Hall–Kier alpha value is -1.77. The molecular weight excluding hydrogens is 493 g/mol. The van der Waals surface area contributed by atoms with Crippen LogP contribution in [-0.2, 0) is 24.2 Å². The van der Waals surface area contributed by atoms with Gasteiger partial charge in [0.05, 0.1) is 5.60 Å². The standard InChI is InChI=1S/C24H37ClN3O6P/c1-16(2)19(27-21(30)26-13-23(5,6)31)20(29)28-12-11-24(22(3,4)14-28,33-15-34-35-32)17-7-9-18(25)10-8-17/h7-10,16,19,31H,11-15H2,1-6H3,(H2,26,27,30)/t19-,24+/m1/s1. The van der Waals surface area contributed by atoms with Gasteiger partial charge in [-0.2, -0.15) is 0 Å². The summed E-state index contributed by atoms with van der Waals surface area (Å²) in [6, 6.07) is 6.10. The molecule has 1 aliphatic heterocycles. The molecule has 1 aliphatic rings. The van der Waals surface area contributed by atoms with Crippen LogP contribution in [0.5, 0.6) is 0 Å². The predicted octanol–water partition coefficient (Wildman–Crippen LogP) is 4.09. The fourth-order valence-corrected chi connectivity index (χ4v) is 4.68. The molecule has 1 aromatic carbocycles. The van der Waals surface area contributed by atoms with Crippen molar-refractivity contribution in [2.75, 3.05) is 26.4 Å². The van der Waals surface area contributed by atoms with Gasteiger partial charge in [0, 0.05) is 30.1 Å². The van der Waals surface area contributed by atoms with Crippen LogP contribution < -0.4 is 10.6 Å². The lowest BCUT2D eigenvalue weighted by Gasteiger charge is -2.53. The maximum atomic E-state index is 13.5. The van der Waals surface area contributed by atoms with Gasteiger partial charge >= 0.3 is 14.7 Å². The van der Waals surface area contributed by atoms with Crippen LogP contribution in [0.25, 0.3) is 0 Å². The Morgan fingerprint density at radius 1 is 1.26 bits per heavy atom. The number of rotatable bonds is 10. The molecule has 0 aliphatic carbocycles. The molecule has 0 bridgehead atoms. The van der Waals surface area contributed by atoms with Crippen molar-refractivity contribution in [2.24, 2.45) is 11.3 Å². The second-order valence-corrected chi connectivity index (χ2v) is 11.4. The van der Waals surface area contributed by atoms with Crippen molar-refractivity contribution in [3.63, 3.8) is 0 Å². The Morgan fingerprint density at radius 3 is 2.40 bits per heavy atom. The Labute approximate surface area is 214 Å². The van der Waals surface area contributed by atoms with Gasteiger partial charge in [-0.05, 0) is 43.9 Å². The number of carbonyl (C=O) groups is 2. The highest BCUT2D eigenvalue weighted by molar-refractivity contribution is 7.17. The number of nitrogens with one attached hydrogen (secondary N) is 2. The number of benzene rings is 1. The van der Waals surface area contributed by atoms with E-state index in [9.17, 15) is 19.3 Å². The highest BCUT2D eigenvalue weighted by Crippen LogP contribution is 2.49. The molecule has 3 amide bonds. The first kappa shape index (κ1) is 29.5. The number of halogens is 1. The second-order valence-electron chi connectivity index (χ2n) is 10.6. The molecule has 2 atom stereocenters. The van der Waals surface area contributed by atoms with E-state index in [1.165, 1.54) is 0 Å². The molecule has 3 N–H and O–H groups in total. The van der Waals surface area contributed by atoms with E-state index in [1.807, 2.05) is 39.8 Å². The molecule has 11 heteroatoms. The molecule has 0 saturated carbocycles. The number of piperidine rings is 1. The van der Waals surface area contributed by atoms with E-state index in [4.69, 9.17) is 20.9 Å².